The van der Waals surface area contributed by atoms with Gasteiger partial charge >= 0.3 is 0 Å². The summed E-state index contributed by atoms with van der Waals surface area (Å²) in [4.78, 5) is 14.9. The highest BCUT2D eigenvalue weighted by molar-refractivity contribution is 5.80. The molecular weight excluding hydrogens is 156 g/mol. The number of nitrogens with zero attached hydrogens (tertiary/aromatic N) is 3. The van der Waals surface area contributed by atoms with Crippen molar-refractivity contribution >= 4 is 5.91 Å². The highest BCUT2D eigenvalue weighted by atomic mass is 16.2. The van der Waals surface area contributed by atoms with Crippen LogP contribution >= 0.6 is 0 Å². The Balaban J connectivity index is 1.78. The van der Waals surface area contributed by atoms with E-state index in [1.165, 1.54) is 6.33 Å². The van der Waals surface area contributed by atoms with Crippen molar-refractivity contribution in [1.29, 1.82) is 0 Å². The van der Waals surface area contributed by atoms with Crippen molar-refractivity contribution in [1.82, 2.24) is 20.1 Å². The molecule has 1 aliphatic rings. The van der Waals surface area contributed by atoms with Crippen LogP contribution in [0.15, 0.2) is 12.7 Å². The highest BCUT2D eigenvalue weighted by Crippen LogP contribution is 2.28. The number of carbonyl (C=O) groups is 1. The maximum absolute atomic E-state index is 11.1. The van der Waals surface area contributed by atoms with Crippen LogP contribution in [-0.2, 0) is 11.5 Å². The largest absolute Gasteiger partial charge is 0.337 e. The number of nitrogens with one attached hydrogen (secondary N) is 1. The van der Waals surface area contributed by atoms with Crippen LogP contribution in [-0.4, -0.2) is 20.7 Å². The summed E-state index contributed by atoms with van der Waals surface area (Å²) in [5.74, 6) is 0.388. The van der Waals surface area contributed by atoms with Gasteiger partial charge in [0.1, 0.15) is 19.3 Å². The molecule has 0 aromatic carbocycles. The number of amides is 1. The Bertz CT molecular complexity index is 265. The predicted molar refractivity (Wildman–Crippen MR) is 40.9 cm³/mol. The van der Waals surface area contributed by atoms with Gasteiger partial charge in [-0.05, 0) is 12.8 Å². The lowest BCUT2D eigenvalue weighted by Crippen LogP contribution is -2.27. The van der Waals surface area contributed by atoms with E-state index >= 15 is 0 Å². The van der Waals surface area contributed by atoms with Crippen molar-refractivity contribution in [2.24, 2.45) is 5.92 Å². The minimum atomic E-state index is 0.130. The Kier molecular flexibility index (Phi) is 1.77. The summed E-state index contributed by atoms with van der Waals surface area (Å²) in [6.45, 7) is 0.426. The van der Waals surface area contributed by atoms with E-state index in [0.29, 0.717) is 6.67 Å². The molecule has 5 nitrogen and oxygen atoms in total. The van der Waals surface area contributed by atoms with E-state index in [4.69, 9.17) is 0 Å². The molecule has 0 radical (unpaired) electrons. The van der Waals surface area contributed by atoms with Crippen molar-refractivity contribution in [3.05, 3.63) is 12.7 Å². The Morgan fingerprint density at radius 1 is 1.67 bits per heavy atom. The third kappa shape index (κ3) is 1.61. The minimum Gasteiger partial charge on any atom is -0.337 e. The molecule has 0 aliphatic heterocycles. The van der Waals surface area contributed by atoms with Crippen molar-refractivity contribution in [2.75, 3.05) is 0 Å². The summed E-state index contributed by atoms with van der Waals surface area (Å²) in [6, 6.07) is 0. The number of hydrogen-bond donors (Lipinski definition) is 1. The lowest BCUT2D eigenvalue weighted by Gasteiger charge is -2.02. The molecule has 1 aliphatic carbocycles. The van der Waals surface area contributed by atoms with Crippen LogP contribution in [0.4, 0.5) is 0 Å². The summed E-state index contributed by atoms with van der Waals surface area (Å²) < 4.78 is 1.58. The SMILES string of the molecule is O=C(NCn1cncn1)C1CC1. The molecule has 1 N–H and O–H groups in total. The molecule has 5 heteroatoms. The Labute approximate surface area is 69.8 Å². The molecule has 2 rings (SSSR count). The van der Waals surface area contributed by atoms with E-state index < -0.39 is 0 Å². The third-order valence-corrected chi connectivity index (χ3v) is 1.83. The topological polar surface area (TPSA) is 59.8 Å². The van der Waals surface area contributed by atoms with Gasteiger partial charge in [-0.2, -0.15) is 5.10 Å². The first kappa shape index (κ1) is 7.27. The first-order valence-electron chi connectivity index (χ1n) is 3.96. The summed E-state index contributed by atoms with van der Waals surface area (Å²) in [5.41, 5.74) is 0. The minimum absolute atomic E-state index is 0.130. The number of aromatic nitrogens is 3. The van der Waals surface area contributed by atoms with E-state index in [9.17, 15) is 4.79 Å². The standard InChI is InChI=1S/C7H10N4O/c12-7(6-1-2-6)9-5-11-4-8-3-10-11/h3-4,6H,1-2,5H2,(H,9,12). The van der Waals surface area contributed by atoms with Gasteiger partial charge in [-0.25, -0.2) is 9.67 Å². The molecule has 0 unspecified atom stereocenters. The van der Waals surface area contributed by atoms with Gasteiger partial charge in [0.05, 0.1) is 0 Å². The van der Waals surface area contributed by atoms with Gasteiger partial charge in [0.2, 0.25) is 5.91 Å². The first-order valence-corrected chi connectivity index (χ1v) is 3.96. The molecule has 1 fully saturated rings. The molecule has 64 valence electrons. The van der Waals surface area contributed by atoms with Crippen LogP contribution in [0, 0.1) is 5.92 Å². The molecule has 0 atom stereocenters. The first-order chi connectivity index (χ1) is 5.86. The molecule has 12 heavy (non-hydrogen) atoms. The second kappa shape index (κ2) is 2.92. The normalized spacial score (nSPS) is 16.0. The maximum atomic E-state index is 11.1. The van der Waals surface area contributed by atoms with E-state index in [2.05, 4.69) is 15.4 Å². The fourth-order valence-corrected chi connectivity index (χ4v) is 0.963. The number of hydrogen-bond acceptors (Lipinski definition) is 3. The lowest BCUT2D eigenvalue weighted by atomic mass is 10.4. The smallest absolute Gasteiger partial charge is 0.224 e. The zero-order chi connectivity index (χ0) is 8.39. The monoisotopic (exact) mass is 166 g/mol. The van der Waals surface area contributed by atoms with Gasteiger partial charge in [0, 0.05) is 5.92 Å². The van der Waals surface area contributed by atoms with Gasteiger partial charge in [-0.15, -0.1) is 0 Å². The van der Waals surface area contributed by atoms with Crippen molar-refractivity contribution in [3.63, 3.8) is 0 Å². The zero-order valence-electron chi connectivity index (χ0n) is 6.60. The van der Waals surface area contributed by atoms with E-state index in [1.807, 2.05) is 0 Å². The fraction of sp³-hybridized carbons (Fsp3) is 0.571. The van der Waals surface area contributed by atoms with Crippen molar-refractivity contribution < 1.29 is 4.79 Å². The van der Waals surface area contributed by atoms with Crippen molar-refractivity contribution in [2.45, 2.75) is 19.5 Å². The second-order valence-electron chi connectivity index (χ2n) is 2.91. The molecule has 1 heterocycles. The van der Waals surface area contributed by atoms with Crippen LogP contribution in [0.3, 0.4) is 0 Å². The quantitative estimate of drug-likeness (QED) is 0.674. The molecule has 1 aromatic rings. The van der Waals surface area contributed by atoms with Gasteiger partial charge < -0.3 is 5.32 Å². The van der Waals surface area contributed by atoms with Crippen LogP contribution in [0.5, 0.6) is 0 Å². The zero-order valence-corrected chi connectivity index (χ0v) is 6.60. The van der Waals surface area contributed by atoms with E-state index in [0.717, 1.165) is 12.8 Å². The predicted octanol–water partition coefficient (Wildman–Crippen LogP) is -0.238. The number of rotatable bonds is 3. The fourth-order valence-electron chi connectivity index (χ4n) is 0.963. The van der Waals surface area contributed by atoms with Crippen molar-refractivity contribution in [3.8, 4) is 0 Å². The van der Waals surface area contributed by atoms with Crippen LogP contribution < -0.4 is 5.32 Å². The van der Waals surface area contributed by atoms with Crippen LogP contribution in [0.25, 0.3) is 0 Å². The molecule has 1 amide bonds. The Morgan fingerprint density at radius 2 is 2.50 bits per heavy atom. The Morgan fingerprint density at radius 3 is 3.08 bits per heavy atom. The molecular formula is C7H10N4O. The van der Waals surface area contributed by atoms with Gasteiger partial charge in [0.25, 0.3) is 0 Å². The molecule has 0 spiro atoms. The van der Waals surface area contributed by atoms with Crippen LogP contribution in [0.1, 0.15) is 12.8 Å². The van der Waals surface area contributed by atoms with Gasteiger partial charge in [0.15, 0.2) is 0 Å². The molecule has 1 aromatic heterocycles. The summed E-state index contributed by atoms with van der Waals surface area (Å²) in [5, 5.41) is 6.63. The second-order valence-corrected chi connectivity index (χ2v) is 2.91. The summed E-state index contributed by atoms with van der Waals surface area (Å²) >= 11 is 0. The third-order valence-electron chi connectivity index (χ3n) is 1.83. The average molecular weight is 166 g/mol. The molecule has 0 saturated heterocycles. The highest BCUT2D eigenvalue weighted by Gasteiger charge is 2.29. The number of carbonyl (C=O) groups excluding carboxylic acids is 1. The van der Waals surface area contributed by atoms with E-state index in [1.54, 1.807) is 11.0 Å². The molecule has 1 saturated carbocycles. The van der Waals surface area contributed by atoms with Crippen LogP contribution in [0.2, 0.25) is 0 Å². The lowest BCUT2D eigenvalue weighted by molar-refractivity contribution is -0.122. The average Bonchev–Trinajstić information content (AvgIpc) is 2.80. The van der Waals surface area contributed by atoms with Gasteiger partial charge in [-0.3, -0.25) is 4.79 Å². The summed E-state index contributed by atoms with van der Waals surface area (Å²) in [7, 11) is 0. The summed E-state index contributed by atoms with van der Waals surface area (Å²) in [6.07, 6.45) is 5.09. The maximum Gasteiger partial charge on any atom is 0.224 e. The van der Waals surface area contributed by atoms with E-state index in [-0.39, 0.29) is 11.8 Å². The van der Waals surface area contributed by atoms with Gasteiger partial charge in [-0.1, -0.05) is 0 Å². The molecule has 0 bridgehead atoms. The Hall–Kier alpha value is -1.39.